The Morgan fingerprint density at radius 2 is 2.10 bits per heavy atom. The SMILES string of the molecule is CCCCCCN1CCCN(C(=O)c2cccs2)CC1. The number of hydrogen-bond acceptors (Lipinski definition) is 3. The third-order valence-corrected chi connectivity index (χ3v) is 4.79. The van der Waals surface area contributed by atoms with Gasteiger partial charge in [-0.05, 0) is 37.4 Å². The van der Waals surface area contributed by atoms with Gasteiger partial charge in [-0.3, -0.25) is 4.79 Å². The lowest BCUT2D eigenvalue weighted by Crippen LogP contribution is -2.35. The zero-order chi connectivity index (χ0) is 14.2. The summed E-state index contributed by atoms with van der Waals surface area (Å²) in [6.45, 7) is 7.40. The maximum Gasteiger partial charge on any atom is 0.263 e. The van der Waals surface area contributed by atoms with E-state index in [1.165, 1.54) is 32.2 Å². The summed E-state index contributed by atoms with van der Waals surface area (Å²) in [4.78, 5) is 17.8. The summed E-state index contributed by atoms with van der Waals surface area (Å²) in [5.74, 6) is 0.216. The zero-order valence-corrected chi connectivity index (χ0v) is 13.3. The molecule has 0 aromatic carbocycles. The molecule has 0 radical (unpaired) electrons. The quantitative estimate of drug-likeness (QED) is 0.750. The van der Waals surface area contributed by atoms with Crippen LogP contribution in [0.4, 0.5) is 0 Å². The summed E-state index contributed by atoms with van der Waals surface area (Å²) in [6.07, 6.45) is 6.38. The van der Waals surface area contributed by atoms with Gasteiger partial charge in [0.1, 0.15) is 0 Å². The molecule has 0 atom stereocenters. The van der Waals surface area contributed by atoms with Crippen molar-refractivity contribution >= 4 is 17.2 Å². The normalized spacial score (nSPS) is 17.1. The summed E-state index contributed by atoms with van der Waals surface area (Å²) in [5, 5.41) is 1.98. The van der Waals surface area contributed by atoms with Crippen molar-refractivity contribution < 1.29 is 4.79 Å². The van der Waals surface area contributed by atoms with E-state index in [4.69, 9.17) is 0 Å². The highest BCUT2D eigenvalue weighted by molar-refractivity contribution is 7.12. The molecule has 1 saturated heterocycles. The van der Waals surface area contributed by atoms with E-state index in [0.717, 1.165) is 37.5 Å². The van der Waals surface area contributed by atoms with Crippen LogP contribution in [-0.4, -0.2) is 48.4 Å². The minimum absolute atomic E-state index is 0.216. The van der Waals surface area contributed by atoms with E-state index in [1.807, 2.05) is 22.4 Å². The van der Waals surface area contributed by atoms with Gasteiger partial charge >= 0.3 is 0 Å². The Morgan fingerprint density at radius 1 is 1.20 bits per heavy atom. The zero-order valence-electron chi connectivity index (χ0n) is 12.5. The van der Waals surface area contributed by atoms with Crippen LogP contribution in [0.1, 0.15) is 48.7 Å². The van der Waals surface area contributed by atoms with Gasteiger partial charge < -0.3 is 9.80 Å². The van der Waals surface area contributed by atoms with Gasteiger partial charge in [-0.2, -0.15) is 0 Å². The average molecular weight is 294 g/mol. The highest BCUT2D eigenvalue weighted by atomic mass is 32.1. The fraction of sp³-hybridized carbons (Fsp3) is 0.688. The standard InChI is InChI=1S/C16H26N2OS/c1-2-3-4-5-9-17-10-7-11-18(13-12-17)16(19)15-8-6-14-20-15/h6,8,14H,2-5,7,9-13H2,1H3. The Bertz CT molecular complexity index is 391. The minimum Gasteiger partial charge on any atom is -0.337 e. The molecule has 1 fully saturated rings. The molecule has 2 rings (SSSR count). The predicted molar refractivity (Wildman–Crippen MR) is 85.4 cm³/mol. The lowest BCUT2D eigenvalue weighted by molar-refractivity contribution is 0.0766. The van der Waals surface area contributed by atoms with Crippen molar-refractivity contribution in [2.75, 3.05) is 32.7 Å². The monoisotopic (exact) mass is 294 g/mol. The van der Waals surface area contributed by atoms with Crippen LogP contribution < -0.4 is 0 Å². The summed E-state index contributed by atoms with van der Waals surface area (Å²) in [5.41, 5.74) is 0. The first-order chi connectivity index (χ1) is 9.81. The van der Waals surface area contributed by atoms with Crippen LogP contribution in [0.15, 0.2) is 17.5 Å². The van der Waals surface area contributed by atoms with Gasteiger partial charge in [0.25, 0.3) is 5.91 Å². The highest BCUT2D eigenvalue weighted by Crippen LogP contribution is 2.14. The van der Waals surface area contributed by atoms with Gasteiger partial charge in [0, 0.05) is 19.6 Å². The molecule has 1 aliphatic heterocycles. The van der Waals surface area contributed by atoms with Crippen LogP contribution in [-0.2, 0) is 0 Å². The third-order valence-electron chi connectivity index (χ3n) is 3.94. The van der Waals surface area contributed by atoms with Crippen molar-refractivity contribution in [3.05, 3.63) is 22.4 Å². The summed E-state index contributed by atoms with van der Waals surface area (Å²) in [7, 11) is 0. The molecule has 0 bridgehead atoms. The number of hydrogen-bond donors (Lipinski definition) is 0. The molecular formula is C16H26N2OS. The van der Waals surface area contributed by atoms with Gasteiger partial charge in [0.2, 0.25) is 0 Å². The van der Waals surface area contributed by atoms with Gasteiger partial charge in [-0.25, -0.2) is 0 Å². The number of rotatable bonds is 6. The molecule has 20 heavy (non-hydrogen) atoms. The molecule has 0 aliphatic carbocycles. The van der Waals surface area contributed by atoms with Gasteiger partial charge in [-0.15, -0.1) is 11.3 Å². The van der Waals surface area contributed by atoms with Crippen molar-refractivity contribution in [2.24, 2.45) is 0 Å². The minimum atomic E-state index is 0.216. The Labute approximate surface area is 126 Å². The van der Waals surface area contributed by atoms with Crippen LogP contribution >= 0.6 is 11.3 Å². The Hall–Kier alpha value is -0.870. The van der Waals surface area contributed by atoms with E-state index >= 15 is 0 Å². The van der Waals surface area contributed by atoms with Crippen LogP contribution in [0, 0.1) is 0 Å². The number of unbranched alkanes of at least 4 members (excludes halogenated alkanes) is 3. The third kappa shape index (κ3) is 4.60. The topological polar surface area (TPSA) is 23.6 Å². The molecule has 1 aromatic rings. The fourth-order valence-corrected chi connectivity index (χ4v) is 3.41. The molecule has 3 nitrogen and oxygen atoms in total. The van der Waals surface area contributed by atoms with Crippen molar-refractivity contribution in [2.45, 2.75) is 39.0 Å². The van der Waals surface area contributed by atoms with Crippen LogP contribution in [0.5, 0.6) is 0 Å². The molecule has 1 aliphatic rings. The second-order valence-electron chi connectivity index (χ2n) is 5.53. The maximum absolute atomic E-state index is 12.3. The van der Waals surface area contributed by atoms with Gasteiger partial charge in [0.05, 0.1) is 4.88 Å². The summed E-state index contributed by atoms with van der Waals surface area (Å²) >= 11 is 1.55. The van der Waals surface area contributed by atoms with Crippen molar-refractivity contribution in [3.8, 4) is 0 Å². The molecular weight excluding hydrogens is 268 g/mol. The molecule has 1 amide bonds. The Kier molecular flexibility index (Phi) is 6.54. The number of carbonyl (C=O) groups is 1. The van der Waals surface area contributed by atoms with E-state index < -0.39 is 0 Å². The molecule has 2 heterocycles. The number of amides is 1. The van der Waals surface area contributed by atoms with Crippen molar-refractivity contribution in [1.29, 1.82) is 0 Å². The Balaban J connectivity index is 1.76. The van der Waals surface area contributed by atoms with E-state index in [1.54, 1.807) is 11.3 Å². The molecule has 0 spiro atoms. The Morgan fingerprint density at radius 3 is 2.85 bits per heavy atom. The lowest BCUT2D eigenvalue weighted by atomic mass is 10.2. The van der Waals surface area contributed by atoms with Gasteiger partial charge in [-0.1, -0.05) is 32.3 Å². The number of thiophene rings is 1. The van der Waals surface area contributed by atoms with Crippen LogP contribution in [0.25, 0.3) is 0 Å². The number of carbonyl (C=O) groups excluding carboxylic acids is 1. The predicted octanol–water partition coefficient (Wildman–Crippen LogP) is 3.48. The van der Waals surface area contributed by atoms with Gasteiger partial charge in [0.15, 0.2) is 0 Å². The first kappa shape index (κ1) is 15.5. The molecule has 0 unspecified atom stereocenters. The second-order valence-corrected chi connectivity index (χ2v) is 6.47. The molecule has 1 aromatic heterocycles. The van der Waals surface area contributed by atoms with Crippen LogP contribution in [0.3, 0.4) is 0 Å². The second kappa shape index (κ2) is 8.42. The van der Waals surface area contributed by atoms with E-state index in [9.17, 15) is 4.79 Å². The average Bonchev–Trinajstić information content (AvgIpc) is 2.89. The van der Waals surface area contributed by atoms with E-state index in [0.29, 0.717) is 0 Å². The summed E-state index contributed by atoms with van der Waals surface area (Å²) in [6, 6.07) is 3.89. The lowest BCUT2D eigenvalue weighted by Gasteiger charge is -2.21. The summed E-state index contributed by atoms with van der Waals surface area (Å²) < 4.78 is 0. The van der Waals surface area contributed by atoms with Crippen LogP contribution in [0.2, 0.25) is 0 Å². The molecule has 0 saturated carbocycles. The van der Waals surface area contributed by atoms with Crippen molar-refractivity contribution in [3.63, 3.8) is 0 Å². The van der Waals surface area contributed by atoms with E-state index in [2.05, 4.69) is 11.8 Å². The number of nitrogens with zero attached hydrogens (tertiary/aromatic N) is 2. The fourth-order valence-electron chi connectivity index (χ4n) is 2.72. The van der Waals surface area contributed by atoms with Crippen molar-refractivity contribution in [1.82, 2.24) is 9.80 Å². The van der Waals surface area contributed by atoms with E-state index in [-0.39, 0.29) is 5.91 Å². The smallest absolute Gasteiger partial charge is 0.263 e. The molecule has 4 heteroatoms. The first-order valence-corrected chi connectivity index (χ1v) is 8.74. The first-order valence-electron chi connectivity index (χ1n) is 7.86. The molecule has 0 N–H and O–H groups in total. The maximum atomic E-state index is 12.3. The largest absolute Gasteiger partial charge is 0.337 e. The molecule has 112 valence electrons. The highest BCUT2D eigenvalue weighted by Gasteiger charge is 2.20.